The van der Waals surface area contributed by atoms with Crippen LogP contribution in [-0.4, -0.2) is 55.3 Å². The second-order valence-electron chi connectivity index (χ2n) is 6.41. The van der Waals surface area contributed by atoms with E-state index in [1.165, 1.54) is 0 Å². The van der Waals surface area contributed by atoms with E-state index < -0.39 is 0 Å². The van der Waals surface area contributed by atoms with E-state index in [9.17, 15) is 4.79 Å². The second-order valence-corrected chi connectivity index (χ2v) is 6.41. The smallest absolute Gasteiger partial charge is 0.253 e. The Morgan fingerprint density at radius 2 is 2.23 bits per heavy atom. The van der Waals surface area contributed by atoms with Crippen LogP contribution < -0.4 is 10.2 Å². The molecule has 0 saturated carbocycles. The average Bonchev–Trinajstić information content (AvgIpc) is 3.26. The van der Waals surface area contributed by atoms with E-state index in [1.807, 2.05) is 24.3 Å². The Kier molecular flexibility index (Phi) is 3.30. The van der Waals surface area contributed by atoms with Crippen molar-refractivity contribution in [2.45, 2.75) is 0 Å². The largest absolute Gasteiger partial charge is 0.354 e. The lowest BCUT2D eigenvalue weighted by atomic mass is 10.00. The van der Waals surface area contributed by atoms with Gasteiger partial charge in [0.15, 0.2) is 5.65 Å². The first-order chi connectivity index (χ1) is 12.8. The number of hydrogen-bond donors (Lipinski definition) is 2. The number of amides is 1. The van der Waals surface area contributed by atoms with Gasteiger partial charge in [0.1, 0.15) is 17.8 Å². The maximum atomic E-state index is 12.4. The molecule has 4 aromatic heterocycles. The quantitative estimate of drug-likeness (QED) is 0.567. The average molecular weight is 348 g/mol. The summed E-state index contributed by atoms with van der Waals surface area (Å²) in [6.45, 7) is 2.35. The van der Waals surface area contributed by atoms with Gasteiger partial charge in [0.2, 0.25) is 0 Å². The topological polar surface area (TPSA) is 104 Å². The van der Waals surface area contributed by atoms with Crippen LogP contribution in [0.1, 0.15) is 10.4 Å². The monoisotopic (exact) mass is 348 g/mol. The number of rotatable bonds is 4. The van der Waals surface area contributed by atoms with Gasteiger partial charge in [0, 0.05) is 43.3 Å². The van der Waals surface area contributed by atoms with Crippen molar-refractivity contribution >= 4 is 28.4 Å². The summed E-state index contributed by atoms with van der Waals surface area (Å²) < 4.78 is 1.66. The molecule has 0 radical (unpaired) electrons. The molecule has 26 heavy (non-hydrogen) atoms. The molecule has 0 aromatic carbocycles. The number of H-pyrrole nitrogens is 1. The van der Waals surface area contributed by atoms with Crippen molar-refractivity contribution in [3.63, 3.8) is 0 Å². The predicted molar refractivity (Wildman–Crippen MR) is 94.9 cm³/mol. The molecule has 2 N–H and O–H groups in total. The molecule has 9 nitrogen and oxygen atoms in total. The highest BCUT2D eigenvalue weighted by Crippen LogP contribution is 2.22. The lowest BCUT2D eigenvalue weighted by molar-refractivity contribution is 0.0946. The zero-order valence-corrected chi connectivity index (χ0v) is 13.8. The van der Waals surface area contributed by atoms with E-state index >= 15 is 0 Å². The van der Waals surface area contributed by atoms with Gasteiger partial charge in [-0.15, -0.1) is 15.3 Å². The van der Waals surface area contributed by atoms with Gasteiger partial charge in [-0.25, -0.2) is 4.98 Å². The van der Waals surface area contributed by atoms with Crippen LogP contribution in [0.25, 0.3) is 16.7 Å². The minimum atomic E-state index is -0.0771. The van der Waals surface area contributed by atoms with Gasteiger partial charge in [-0.05, 0) is 24.3 Å². The summed E-state index contributed by atoms with van der Waals surface area (Å²) in [6.07, 6.45) is 5.00. The van der Waals surface area contributed by atoms with Gasteiger partial charge < -0.3 is 15.2 Å². The molecule has 0 aliphatic carbocycles. The van der Waals surface area contributed by atoms with Gasteiger partial charge in [-0.3, -0.25) is 4.79 Å². The molecule has 1 amide bonds. The Hall–Kier alpha value is -3.49. The highest BCUT2D eigenvalue weighted by atomic mass is 16.1. The number of fused-ring (bicyclic) bond motifs is 2. The molecule has 0 spiro atoms. The van der Waals surface area contributed by atoms with Crippen molar-refractivity contribution in [1.29, 1.82) is 0 Å². The summed E-state index contributed by atoms with van der Waals surface area (Å²) in [5.74, 6) is 1.22. The Balaban J connectivity index is 1.19. The third-order valence-corrected chi connectivity index (χ3v) is 4.68. The number of anilines is 1. The fourth-order valence-corrected chi connectivity index (χ4v) is 3.25. The molecule has 130 valence electrons. The molecule has 1 saturated heterocycles. The normalized spacial score (nSPS) is 14.7. The van der Waals surface area contributed by atoms with Gasteiger partial charge >= 0.3 is 0 Å². The zero-order valence-electron chi connectivity index (χ0n) is 13.8. The SMILES string of the molecule is O=C(NCC1CN(c2ccc3nncn3n2)C1)c1c[nH]c2ncccc12. The summed E-state index contributed by atoms with van der Waals surface area (Å²) in [7, 11) is 0. The number of aromatic nitrogens is 6. The minimum Gasteiger partial charge on any atom is -0.354 e. The molecule has 1 aliphatic heterocycles. The van der Waals surface area contributed by atoms with Crippen molar-refractivity contribution in [2.24, 2.45) is 5.92 Å². The number of hydrogen-bond acceptors (Lipinski definition) is 6. The first-order valence-electron chi connectivity index (χ1n) is 8.40. The molecule has 5 heterocycles. The number of carbonyl (C=O) groups is 1. The van der Waals surface area contributed by atoms with E-state index in [0.717, 1.165) is 35.6 Å². The number of nitrogens with zero attached hydrogens (tertiary/aromatic N) is 6. The first kappa shape index (κ1) is 14.8. The van der Waals surface area contributed by atoms with Gasteiger partial charge in [0.25, 0.3) is 5.91 Å². The van der Waals surface area contributed by atoms with Crippen molar-refractivity contribution < 1.29 is 4.79 Å². The van der Waals surface area contributed by atoms with Crippen LogP contribution >= 0.6 is 0 Å². The highest BCUT2D eigenvalue weighted by molar-refractivity contribution is 6.05. The number of pyridine rings is 1. The van der Waals surface area contributed by atoms with E-state index in [0.29, 0.717) is 18.0 Å². The van der Waals surface area contributed by atoms with Gasteiger partial charge in [-0.2, -0.15) is 4.52 Å². The number of carbonyl (C=O) groups excluding carboxylic acids is 1. The molecule has 9 heteroatoms. The lowest BCUT2D eigenvalue weighted by Gasteiger charge is -2.40. The first-order valence-corrected chi connectivity index (χ1v) is 8.40. The standard InChI is InChI=1S/C17H16N8O/c26-17(13-7-19-16-12(13)2-1-5-18-16)20-6-11-8-24(9-11)15-4-3-14-22-21-10-25(14)23-15/h1-5,7,10-11H,6,8-9H2,(H,18,19)(H,20,26). The maximum Gasteiger partial charge on any atom is 0.253 e. The highest BCUT2D eigenvalue weighted by Gasteiger charge is 2.28. The molecule has 1 fully saturated rings. The van der Waals surface area contributed by atoms with Crippen LogP contribution in [0.5, 0.6) is 0 Å². The van der Waals surface area contributed by atoms with E-state index in [2.05, 4.69) is 35.5 Å². The molecular formula is C17H16N8O. The zero-order chi connectivity index (χ0) is 17.5. The summed E-state index contributed by atoms with van der Waals surface area (Å²) in [5.41, 5.74) is 2.08. The van der Waals surface area contributed by atoms with Crippen LogP contribution in [0, 0.1) is 5.92 Å². The van der Waals surface area contributed by atoms with Crippen molar-refractivity contribution in [3.8, 4) is 0 Å². The fraction of sp³-hybridized carbons (Fsp3) is 0.235. The van der Waals surface area contributed by atoms with Crippen molar-refractivity contribution in [3.05, 3.63) is 48.5 Å². The molecule has 4 aromatic rings. The van der Waals surface area contributed by atoms with Crippen LogP contribution in [0.3, 0.4) is 0 Å². The Morgan fingerprint density at radius 1 is 1.31 bits per heavy atom. The predicted octanol–water partition coefficient (Wildman–Crippen LogP) is 0.867. The minimum absolute atomic E-state index is 0.0771. The Labute approximate surface area is 148 Å². The Bertz CT molecular complexity index is 1090. The van der Waals surface area contributed by atoms with Crippen molar-refractivity contribution in [2.75, 3.05) is 24.5 Å². The van der Waals surface area contributed by atoms with Crippen LogP contribution in [-0.2, 0) is 0 Å². The van der Waals surface area contributed by atoms with Crippen molar-refractivity contribution in [1.82, 2.24) is 35.1 Å². The third-order valence-electron chi connectivity index (χ3n) is 4.68. The van der Waals surface area contributed by atoms with Gasteiger partial charge in [-0.1, -0.05) is 0 Å². The molecular weight excluding hydrogens is 332 g/mol. The van der Waals surface area contributed by atoms with Crippen LogP contribution in [0.2, 0.25) is 0 Å². The van der Waals surface area contributed by atoms with Crippen LogP contribution in [0.4, 0.5) is 5.82 Å². The summed E-state index contributed by atoms with van der Waals surface area (Å²) in [6, 6.07) is 7.56. The molecule has 0 bridgehead atoms. The molecule has 5 rings (SSSR count). The summed E-state index contributed by atoms with van der Waals surface area (Å²) in [5, 5.41) is 16.1. The number of aromatic amines is 1. The third kappa shape index (κ3) is 2.44. The molecule has 0 unspecified atom stereocenters. The summed E-state index contributed by atoms with van der Waals surface area (Å²) >= 11 is 0. The number of nitrogens with one attached hydrogen (secondary N) is 2. The lowest BCUT2D eigenvalue weighted by Crippen LogP contribution is -2.52. The van der Waals surface area contributed by atoms with Crippen LogP contribution in [0.15, 0.2) is 43.0 Å². The molecule has 0 atom stereocenters. The Morgan fingerprint density at radius 3 is 3.15 bits per heavy atom. The van der Waals surface area contributed by atoms with E-state index in [4.69, 9.17) is 0 Å². The fourth-order valence-electron chi connectivity index (χ4n) is 3.25. The summed E-state index contributed by atoms with van der Waals surface area (Å²) in [4.78, 5) is 21.8. The van der Waals surface area contributed by atoms with E-state index in [-0.39, 0.29) is 5.91 Å². The maximum absolute atomic E-state index is 12.4. The van der Waals surface area contributed by atoms with E-state index in [1.54, 1.807) is 23.2 Å². The second kappa shape index (κ2) is 5.80. The van der Waals surface area contributed by atoms with Gasteiger partial charge in [0.05, 0.1) is 5.56 Å². The molecule has 1 aliphatic rings.